The third-order valence-electron chi connectivity index (χ3n) is 6.63. The minimum atomic E-state index is -0.944. The molecule has 0 aliphatic rings. The molecule has 4 rings (SSSR count). The van der Waals surface area contributed by atoms with Gasteiger partial charge in [0.25, 0.3) is 5.91 Å². The minimum absolute atomic E-state index is 0.0609. The van der Waals surface area contributed by atoms with Crippen molar-refractivity contribution >= 4 is 34.2 Å². The molecule has 1 amide bonds. The van der Waals surface area contributed by atoms with Crippen LogP contribution in [0.15, 0.2) is 91.0 Å². The normalized spacial score (nSPS) is 12.7. The molecule has 0 bridgehead atoms. The summed E-state index contributed by atoms with van der Waals surface area (Å²) in [6.45, 7) is 2.71. The maximum absolute atomic E-state index is 12.4. The molecule has 38 heavy (non-hydrogen) atoms. The molecule has 0 fully saturated rings. The van der Waals surface area contributed by atoms with Crippen LogP contribution in [-0.2, 0) is 16.1 Å². The van der Waals surface area contributed by atoms with Crippen molar-refractivity contribution in [2.45, 2.75) is 44.8 Å². The highest BCUT2D eigenvalue weighted by atomic mass is 35.5. The first kappa shape index (κ1) is 27.4. The van der Waals surface area contributed by atoms with Crippen LogP contribution in [0, 0.1) is 0 Å². The number of hydrogen-bond acceptors (Lipinski definition) is 3. The molecular weight excluding hydrogens is 498 g/mol. The van der Waals surface area contributed by atoms with E-state index >= 15 is 0 Å². The van der Waals surface area contributed by atoms with E-state index in [1.807, 2.05) is 48.5 Å². The summed E-state index contributed by atoms with van der Waals surface area (Å²) in [4.78, 5) is 23.2. The number of fused-ring (bicyclic) bond motifs is 1. The van der Waals surface area contributed by atoms with Crippen molar-refractivity contribution in [1.29, 1.82) is 0 Å². The molecule has 0 spiro atoms. The molecule has 4 aromatic rings. The van der Waals surface area contributed by atoms with Gasteiger partial charge in [-0.2, -0.15) is 0 Å². The number of carboxylic acid groups (broad SMARTS) is 1. The van der Waals surface area contributed by atoms with E-state index in [1.54, 1.807) is 12.1 Å². The van der Waals surface area contributed by atoms with Gasteiger partial charge in [0.05, 0.1) is 19.1 Å². The lowest BCUT2D eigenvalue weighted by Gasteiger charge is -2.28. The molecule has 0 aromatic heterocycles. The molecule has 0 heterocycles. The molecule has 5 nitrogen and oxygen atoms in total. The summed E-state index contributed by atoms with van der Waals surface area (Å²) >= 11 is 6.19. The van der Waals surface area contributed by atoms with Crippen LogP contribution in [0.4, 0.5) is 0 Å². The number of carboxylic acids is 1. The molecule has 0 saturated heterocycles. The van der Waals surface area contributed by atoms with Crippen LogP contribution in [-0.4, -0.2) is 23.5 Å². The SMILES string of the molecule is CCC[C@H](c1ccc(C(=O)NCCC(=O)O)cc1)C(OCc1ccc2ccccc2c1)c1ccc(Cl)cc1. The van der Waals surface area contributed by atoms with Gasteiger partial charge in [0.15, 0.2) is 0 Å². The number of amides is 1. The number of nitrogens with one attached hydrogen (secondary N) is 1. The van der Waals surface area contributed by atoms with Gasteiger partial charge < -0.3 is 15.2 Å². The first-order valence-electron chi connectivity index (χ1n) is 12.9. The molecule has 0 radical (unpaired) electrons. The van der Waals surface area contributed by atoms with Crippen LogP contribution in [0.3, 0.4) is 0 Å². The predicted octanol–water partition coefficient (Wildman–Crippen LogP) is 7.54. The fourth-order valence-electron chi connectivity index (χ4n) is 4.68. The summed E-state index contributed by atoms with van der Waals surface area (Å²) in [5, 5.41) is 14.5. The number of carbonyl (C=O) groups is 2. The van der Waals surface area contributed by atoms with Crippen molar-refractivity contribution in [2.24, 2.45) is 0 Å². The molecule has 0 aliphatic heterocycles. The Kier molecular flexibility index (Phi) is 9.52. The maximum Gasteiger partial charge on any atom is 0.305 e. The number of carbonyl (C=O) groups excluding carboxylic acids is 1. The fourth-order valence-corrected chi connectivity index (χ4v) is 4.81. The fraction of sp³-hybridized carbons (Fsp3) is 0.250. The van der Waals surface area contributed by atoms with Crippen molar-refractivity contribution in [3.63, 3.8) is 0 Å². The quantitative estimate of drug-likeness (QED) is 0.199. The molecule has 0 aliphatic carbocycles. The highest BCUT2D eigenvalue weighted by molar-refractivity contribution is 6.30. The van der Waals surface area contributed by atoms with E-state index in [2.05, 4.69) is 42.6 Å². The van der Waals surface area contributed by atoms with E-state index in [0.717, 1.165) is 29.5 Å². The number of benzene rings is 4. The van der Waals surface area contributed by atoms with Crippen LogP contribution < -0.4 is 5.32 Å². The largest absolute Gasteiger partial charge is 0.481 e. The highest BCUT2D eigenvalue weighted by Gasteiger charge is 2.26. The van der Waals surface area contributed by atoms with Gasteiger partial charge in [-0.05, 0) is 64.2 Å². The third kappa shape index (κ3) is 7.21. The van der Waals surface area contributed by atoms with Gasteiger partial charge in [-0.1, -0.05) is 85.6 Å². The molecule has 196 valence electrons. The Morgan fingerprint density at radius 2 is 1.58 bits per heavy atom. The van der Waals surface area contributed by atoms with E-state index < -0.39 is 5.97 Å². The Labute approximate surface area is 228 Å². The molecule has 6 heteroatoms. The van der Waals surface area contributed by atoms with Gasteiger partial charge in [-0.3, -0.25) is 9.59 Å². The van der Waals surface area contributed by atoms with Gasteiger partial charge in [-0.25, -0.2) is 0 Å². The van der Waals surface area contributed by atoms with Crippen LogP contribution in [0.25, 0.3) is 10.8 Å². The summed E-state index contributed by atoms with van der Waals surface area (Å²) < 4.78 is 6.65. The summed E-state index contributed by atoms with van der Waals surface area (Å²) in [7, 11) is 0. The lowest BCUT2D eigenvalue weighted by molar-refractivity contribution is -0.136. The van der Waals surface area contributed by atoms with Gasteiger partial charge in [0.2, 0.25) is 0 Å². The summed E-state index contributed by atoms with van der Waals surface area (Å²) in [5.41, 5.74) is 3.72. The van der Waals surface area contributed by atoms with Crippen molar-refractivity contribution < 1.29 is 19.4 Å². The first-order chi connectivity index (χ1) is 18.4. The topological polar surface area (TPSA) is 75.6 Å². The van der Waals surface area contributed by atoms with Crippen molar-refractivity contribution in [2.75, 3.05) is 6.54 Å². The number of aliphatic carboxylic acids is 1. The zero-order valence-electron chi connectivity index (χ0n) is 21.4. The van der Waals surface area contributed by atoms with Gasteiger partial charge >= 0.3 is 5.97 Å². The standard InChI is InChI=1S/C32H32ClNO4/c1-2-5-29(24-10-12-26(13-11-24)32(37)34-19-18-30(35)36)31(25-14-16-28(33)17-15-25)38-21-22-8-9-23-6-3-4-7-27(23)20-22/h3-4,6-17,20,29,31H,2,5,18-19,21H2,1H3,(H,34,37)(H,35,36)/t29-,31?/m1/s1. The second-order valence-electron chi connectivity index (χ2n) is 9.38. The van der Waals surface area contributed by atoms with E-state index in [0.29, 0.717) is 17.2 Å². The lowest BCUT2D eigenvalue weighted by Crippen LogP contribution is -2.26. The van der Waals surface area contributed by atoms with E-state index in [1.165, 1.54) is 10.8 Å². The Balaban J connectivity index is 1.57. The Bertz CT molecular complexity index is 1370. The first-order valence-corrected chi connectivity index (χ1v) is 13.3. The monoisotopic (exact) mass is 529 g/mol. The predicted molar refractivity (Wildman–Crippen MR) is 152 cm³/mol. The number of ether oxygens (including phenoxy) is 1. The van der Waals surface area contributed by atoms with Gasteiger partial charge in [0.1, 0.15) is 0 Å². The van der Waals surface area contributed by atoms with E-state index in [-0.39, 0.29) is 30.9 Å². The van der Waals surface area contributed by atoms with Crippen LogP contribution in [0.2, 0.25) is 5.02 Å². The average molecular weight is 530 g/mol. The van der Waals surface area contributed by atoms with Gasteiger partial charge in [0, 0.05) is 23.0 Å². The minimum Gasteiger partial charge on any atom is -0.481 e. The van der Waals surface area contributed by atoms with Crippen molar-refractivity contribution in [1.82, 2.24) is 5.32 Å². The second-order valence-corrected chi connectivity index (χ2v) is 9.82. The molecular formula is C32H32ClNO4. The molecule has 1 unspecified atom stereocenters. The Hall–Kier alpha value is -3.67. The van der Waals surface area contributed by atoms with Crippen LogP contribution >= 0.6 is 11.6 Å². The second kappa shape index (κ2) is 13.2. The van der Waals surface area contributed by atoms with Gasteiger partial charge in [-0.15, -0.1) is 0 Å². The Morgan fingerprint density at radius 3 is 2.26 bits per heavy atom. The van der Waals surface area contributed by atoms with Crippen molar-refractivity contribution in [3.8, 4) is 0 Å². The zero-order chi connectivity index (χ0) is 26.9. The van der Waals surface area contributed by atoms with E-state index in [9.17, 15) is 9.59 Å². The number of halogens is 1. The zero-order valence-corrected chi connectivity index (χ0v) is 22.2. The Morgan fingerprint density at radius 1 is 0.895 bits per heavy atom. The average Bonchev–Trinajstić information content (AvgIpc) is 2.93. The number of hydrogen-bond donors (Lipinski definition) is 2. The highest BCUT2D eigenvalue weighted by Crippen LogP contribution is 2.39. The summed E-state index contributed by atoms with van der Waals surface area (Å²) in [6, 6.07) is 30.0. The van der Waals surface area contributed by atoms with E-state index in [4.69, 9.17) is 21.4 Å². The molecule has 0 saturated carbocycles. The lowest BCUT2D eigenvalue weighted by atomic mass is 9.85. The maximum atomic E-state index is 12.4. The molecule has 2 atom stereocenters. The molecule has 2 N–H and O–H groups in total. The summed E-state index contributed by atoms with van der Waals surface area (Å²) in [5.74, 6) is -1.17. The van der Waals surface area contributed by atoms with Crippen LogP contribution in [0.5, 0.6) is 0 Å². The smallest absolute Gasteiger partial charge is 0.305 e. The number of rotatable bonds is 12. The van der Waals surface area contributed by atoms with Crippen LogP contribution in [0.1, 0.15) is 65.3 Å². The van der Waals surface area contributed by atoms with Crippen molar-refractivity contribution in [3.05, 3.63) is 118 Å². The molecule has 4 aromatic carbocycles. The summed E-state index contributed by atoms with van der Waals surface area (Å²) in [6.07, 6.45) is 1.54. The third-order valence-corrected chi connectivity index (χ3v) is 6.88.